The van der Waals surface area contributed by atoms with Crippen LogP contribution in [0.4, 0.5) is 5.69 Å². The van der Waals surface area contributed by atoms with Crippen LogP contribution in [0.3, 0.4) is 0 Å². The number of nitrogens with one attached hydrogen (secondary N) is 1. The molecule has 0 radical (unpaired) electrons. The highest BCUT2D eigenvalue weighted by Crippen LogP contribution is 2.30. The quantitative estimate of drug-likeness (QED) is 0.491. The zero-order valence-corrected chi connectivity index (χ0v) is 17.5. The summed E-state index contributed by atoms with van der Waals surface area (Å²) < 4.78 is 5.17. The van der Waals surface area contributed by atoms with E-state index in [0.717, 1.165) is 22.0 Å². The first kappa shape index (κ1) is 20.0. The maximum absolute atomic E-state index is 12.1. The summed E-state index contributed by atoms with van der Waals surface area (Å²) in [5.41, 5.74) is 2.51. The molecule has 140 valence electrons. The lowest BCUT2D eigenvalue weighted by molar-refractivity contribution is -0.113. The van der Waals surface area contributed by atoms with Crippen molar-refractivity contribution in [3.63, 3.8) is 0 Å². The summed E-state index contributed by atoms with van der Waals surface area (Å²) in [5, 5.41) is 6.49. The van der Waals surface area contributed by atoms with E-state index in [-0.39, 0.29) is 5.91 Å². The van der Waals surface area contributed by atoms with E-state index in [9.17, 15) is 4.79 Å². The molecular formula is C19H16Cl2N2O2S2. The van der Waals surface area contributed by atoms with Crippen molar-refractivity contribution in [2.75, 3.05) is 18.2 Å². The number of methoxy groups -OCH3 is 1. The lowest BCUT2D eigenvalue weighted by atomic mass is 10.2. The number of benzene rings is 2. The highest BCUT2D eigenvalue weighted by atomic mass is 35.5. The van der Waals surface area contributed by atoms with E-state index in [2.05, 4.69) is 10.3 Å². The highest BCUT2D eigenvalue weighted by molar-refractivity contribution is 7.99. The van der Waals surface area contributed by atoms with E-state index < -0.39 is 0 Å². The van der Waals surface area contributed by atoms with Gasteiger partial charge in [0.2, 0.25) is 5.91 Å². The minimum Gasteiger partial charge on any atom is -0.497 e. The fourth-order valence-corrected chi connectivity index (χ4v) is 4.27. The van der Waals surface area contributed by atoms with Crippen LogP contribution in [-0.2, 0) is 10.5 Å². The Morgan fingerprint density at radius 3 is 2.74 bits per heavy atom. The number of rotatable bonds is 7. The topological polar surface area (TPSA) is 51.2 Å². The van der Waals surface area contributed by atoms with E-state index in [4.69, 9.17) is 27.9 Å². The highest BCUT2D eigenvalue weighted by Gasteiger charge is 2.10. The van der Waals surface area contributed by atoms with Gasteiger partial charge in [-0.25, -0.2) is 4.98 Å². The fourth-order valence-electron chi connectivity index (χ4n) is 2.27. The summed E-state index contributed by atoms with van der Waals surface area (Å²) in [5.74, 6) is 1.65. The zero-order valence-electron chi connectivity index (χ0n) is 14.4. The molecule has 0 fully saturated rings. The van der Waals surface area contributed by atoms with Gasteiger partial charge in [0.25, 0.3) is 0 Å². The lowest BCUT2D eigenvalue weighted by Gasteiger charge is -2.07. The zero-order chi connectivity index (χ0) is 19.2. The van der Waals surface area contributed by atoms with Crippen LogP contribution in [0.5, 0.6) is 5.75 Å². The Morgan fingerprint density at radius 1 is 1.22 bits per heavy atom. The number of thiazole rings is 1. The molecule has 27 heavy (non-hydrogen) atoms. The molecule has 3 rings (SSSR count). The van der Waals surface area contributed by atoms with Gasteiger partial charge in [0.1, 0.15) is 10.8 Å². The van der Waals surface area contributed by atoms with E-state index >= 15 is 0 Å². The number of aromatic nitrogens is 1. The lowest BCUT2D eigenvalue weighted by Crippen LogP contribution is -2.14. The van der Waals surface area contributed by atoms with Gasteiger partial charge in [-0.05, 0) is 36.4 Å². The number of hydrogen-bond donors (Lipinski definition) is 1. The number of carbonyl (C=O) groups is 1. The monoisotopic (exact) mass is 438 g/mol. The summed E-state index contributed by atoms with van der Waals surface area (Å²) in [6.45, 7) is 0. The summed E-state index contributed by atoms with van der Waals surface area (Å²) in [6.07, 6.45) is 0. The van der Waals surface area contributed by atoms with Crippen molar-refractivity contribution in [2.45, 2.75) is 5.75 Å². The number of carbonyl (C=O) groups excluding carboxylic acids is 1. The average molecular weight is 439 g/mol. The number of ether oxygens (including phenoxy) is 1. The van der Waals surface area contributed by atoms with Crippen molar-refractivity contribution in [2.24, 2.45) is 0 Å². The summed E-state index contributed by atoms with van der Waals surface area (Å²) >= 11 is 15.1. The van der Waals surface area contributed by atoms with Crippen molar-refractivity contribution in [3.8, 4) is 16.3 Å². The molecule has 0 aliphatic carbocycles. The largest absolute Gasteiger partial charge is 0.497 e. The van der Waals surface area contributed by atoms with Crippen molar-refractivity contribution < 1.29 is 9.53 Å². The Kier molecular flexibility index (Phi) is 7.01. The van der Waals surface area contributed by atoms with Crippen LogP contribution in [0.15, 0.2) is 47.8 Å². The maximum atomic E-state index is 12.1. The second kappa shape index (κ2) is 9.46. The average Bonchev–Trinajstić information content (AvgIpc) is 3.14. The third-order valence-corrected chi connectivity index (χ3v) is 6.32. The van der Waals surface area contributed by atoms with Crippen molar-refractivity contribution in [1.29, 1.82) is 0 Å². The van der Waals surface area contributed by atoms with Gasteiger partial charge in [-0.1, -0.05) is 29.3 Å². The van der Waals surface area contributed by atoms with Crippen molar-refractivity contribution in [3.05, 3.63) is 63.6 Å². The Morgan fingerprint density at radius 2 is 2.00 bits per heavy atom. The smallest absolute Gasteiger partial charge is 0.234 e. The molecule has 0 saturated carbocycles. The van der Waals surface area contributed by atoms with Crippen LogP contribution in [0.2, 0.25) is 10.0 Å². The van der Waals surface area contributed by atoms with E-state index in [1.807, 2.05) is 29.6 Å². The molecule has 1 aromatic heterocycles. The standard InChI is InChI=1S/C19H16Cl2N2O2S2/c1-25-14-7-5-12(6-8-14)19-22-13(10-27-19)9-26-11-17(24)23-16-4-2-3-15(20)18(16)21/h2-8,10H,9,11H2,1H3,(H,23,24). The molecule has 0 spiro atoms. The molecule has 0 saturated heterocycles. The summed E-state index contributed by atoms with van der Waals surface area (Å²) in [4.78, 5) is 16.7. The molecule has 0 bridgehead atoms. The van der Waals surface area contributed by atoms with Gasteiger partial charge in [0.05, 0.1) is 34.3 Å². The molecule has 8 heteroatoms. The molecule has 1 heterocycles. The Balaban J connectivity index is 1.51. The number of hydrogen-bond acceptors (Lipinski definition) is 5. The molecule has 2 aromatic carbocycles. The molecule has 4 nitrogen and oxygen atoms in total. The summed E-state index contributed by atoms with van der Waals surface area (Å²) in [7, 11) is 1.64. The minimum absolute atomic E-state index is 0.130. The van der Waals surface area contributed by atoms with Gasteiger partial charge in [-0.2, -0.15) is 0 Å². The number of thioether (sulfide) groups is 1. The number of anilines is 1. The minimum atomic E-state index is -0.130. The first-order valence-corrected chi connectivity index (χ1v) is 10.8. The van der Waals surface area contributed by atoms with Gasteiger partial charge >= 0.3 is 0 Å². The molecule has 3 aromatic rings. The van der Waals surface area contributed by atoms with Crippen LogP contribution in [0.1, 0.15) is 5.69 Å². The van der Waals surface area contributed by atoms with Gasteiger partial charge in [-0.3, -0.25) is 4.79 Å². The fraction of sp³-hybridized carbons (Fsp3) is 0.158. The van der Waals surface area contributed by atoms with E-state index in [1.54, 1.807) is 36.6 Å². The summed E-state index contributed by atoms with van der Waals surface area (Å²) in [6, 6.07) is 12.9. The third-order valence-electron chi connectivity index (χ3n) is 3.60. The van der Waals surface area contributed by atoms with Gasteiger partial charge in [0, 0.05) is 16.7 Å². The molecule has 0 atom stereocenters. The maximum Gasteiger partial charge on any atom is 0.234 e. The number of halogens is 2. The normalized spacial score (nSPS) is 10.6. The second-order valence-electron chi connectivity index (χ2n) is 5.51. The van der Waals surface area contributed by atoms with Crippen molar-refractivity contribution >= 4 is 57.9 Å². The molecule has 1 N–H and O–H groups in total. The Labute approximate surface area is 175 Å². The van der Waals surface area contributed by atoms with Crippen molar-refractivity contribution in [1.82, 2.24) is 4.98 Å². The molecule has 1 amide bonds. The van der Waals surface area contributed by atoms with E-state index in [0.29, 0.717) is 27.2 Å². The van der Waals surface area contributed by atoms with Crippen LogP contribution in [-0.4, -0.2) is 23.8 Å². The second-order valence-corrected chi connectivity index (χ2v) is 8.14. The van der Waals surface area contributed by atoms with Crippen LogP contribution in [0, 0.1) is 0 Å². The predicted octanol–water partition coefficient (Wildman–Crippen LogP) is 6.00. The van der Waals surface area contributed by atoms with E-state index in [1.165, 1.54) is 11.8 Å². The van der Waals surface area contributed by atoms with Crippen LogP contribution >= 0.6 is 46.3 Å². The predicted molar refractivity (Wildman–Crippen MR) is 115 cm³/mol. The van der Waals surface area contributed by atoms with Gasteiger partial charge < -0.3 is 10.1 Å². The van der Waals surface area contributed by atoms with Gasteiger partial charge in [-0.15, -0.1) is 23.1 Å². The molecule has 0 aliphatic rings. The van der Waals surface area contributed by atoms with Crippen LogP contribution < -0.4 is 10.1 Å². The Hall–Kier alpha value is -1.73. The molecular weight excluding hydrogens is 423 g/mol. The molecule has 0 unspecified atom stereocenters. The first-order chi connectivity index (χ1) is 13.1. The molecule has 0 aliphatic heterocycles. The van der Waals surface area contributed by atoms with Gasteiger partial charge in [0.15, 0.2) is 0 Å². The number of amides is 1. The third kappa shape index (κ3) is 5.39. The SMILES string of the molecule is COc1ccc(-c2nc(CSCC(=O)Nc3cccc(Cl)c3Cl)cs2)cc1. The first-order valence-electron chi connectivity index (χ1n) is 7.97. The van der Waals surface area contributed by atoms with Crippen LogP contribution in [0.25, 0.3) is 10.6 Å². The Bertz CT molecular complexity index is 930. The number of nitrogens with zero attached hydrogens (tertiary/aromatic N) is 1.